The number of allylic oxidation sites excluding steroid dienone is 3. The second kappa shape index (κ2) is 2.37. The molecule has 0 bridgehead atoms. The highest BCUT2D eigenvalue weighted by Crippen LogP contribution is 2.16. The van der Waals surface area contributed by atoms with E-state index in [1.165, 1.54) is 12.2 Å². The van der Waals surface area contributed by atoms with Crippen molar-refractivity contribution >= 4 is 11.9 Å². The summed E-state index contributed by atoms with van der Waals surface area (Å²) in [5, 5.41) is 17.7. The molecule has 2 aliphatic rings. The summed E-state index contributed by atoms with van der Waals surface area (Å²) >= 11 is 0. The Balaban J connectivity index is 2.34. The highest BCUT2D eigenvalue weighted by atomic mass is 16.6. The van der Waals surface area contributed by atoms with E-state index in [1.54, 1.807) is 12.3 Å². The summed E-state index contributed by atoms with van der Waals surface area (Å²) in [4.78, 5) is 9.90. The summed E-state index contributed by atoms with van der Waals surface area (Å²) in [6, 6.07) is 0. The van der Waals surface area contributed by atoms with Gasteiger partial charge in [-0.15, -0.1) is 0 Å². The maximum atomic E-state index is 10.3. The number of hydrogen-bond donors (Lipinski definition) is 0. The number of fused-ring (bicyclic) bond motifs is 1. The molecule has 2 rings (SSSR count). The average molecular weight is 163 g/mol. The lowest BCUT2D eigenvalue weighted by Crippen LogP contribution is -2.13. The van der Waals surface area contributed by atoms with Crippen LogP contribution in [0, 0.1) is 16.0 Å². The first-order valence-corrected chi connectivity index (χ1v) is 3.43. The zero-order chi connectivity index (χ0) is 8.55. The largest absolute Gasteiger partial charge is 0.271 e. The number of hydrogen-bond acceptors (Lipinski definition) is 4. The first-order valence-electron chi connectivity index (χ1n) is 3.43. The van der Waals surface area contributed by atoms with Crippen LogP contribution in [0.3, 0.4) is 0 Å². The molecule has 5 heteroatoms. The maximum Gasteiger partial charge on any atom is 0.271 e. The molecule has 0 aromatic rings. The van der Waals surface area contributed by atoms with Crippen molar-refractivity contribution in [3.8, 4) is 0 Å². The SMILES string of the molecule is O=[N+]([O-])C1=CC2=NN=CC2C=C1. The smallest absolute Gasteiger partial charge is 0.258 e. The number of nitro groups is 1. The van der Waals surface area contributed by atoms with Gasteiger partial charge in [-0.3, -0.25) is 10.1 Å². The molecule has 0 radical (unpaired) electrons. The molecule has 60 valence electrons. The summed E-state index contributed by atoms with van der Waals surface area (Å²) in [6.07, 6.45) is 6.28. The average Bonchev–Trinajstić information content (AvgIpc) is 2.49. The Hall–Kier alpha value is -1.78. The predicted molar refractivity (Wildman–Crippen MR) is 43.6 cm³/mol. The van der Waals surface area contributed by atoms with Crippen LogP contribution in [0.4, 0.5) is 0 Å². The molecule has 0 amide bonds. The topological polar surface area (TPSA) is 67.9 Å². The van der Waals surface area contributed by atoms with Gasteiger partial charge in [0.05, 0.1) is 16.6 Å². The third kappa shape index (κ3) is 0.952. The summed E-state index contributed by atoms with van der Waals surface area (Å²) in [5.74, 6) is 0.0358. The summed E-state index contributed by atoms with van der Waals surface area (Å²) in [6.45, 7) is 0. The van der Waals surface area contributed by atoms with Gasteiger partial charge < -0.3 is 0 Å². The van der Waals surface area contributed by atoms with Crippen LogP contribution in [-0.2, 0) is 0 Å². The fourth-order valence-corrected chi connectivity index (χ4v) is 1.10. The minimum atomic E-state index is -0.437. The van der Waals surface area contributed by atoms with Gasteiger partial charge in [-0.05, 0) is 0 Å². The van der Waals surface area contributed by atoms with E-state index in [0.29, 0.717) is 5.71 Å². The molecule has 0 saturated carbocycles. The molecule has 1 aliphatic heterocycles. The molecule has 1 unspecified atom stereocenters. The van der Waals surface area contributed by atoms with Crippen LogP contribution in [0.1, 0.15) is 0 Å². The molecule has 0 spiro atoms. The Morgan fingerprint density at radius 3 is 3.17 bits per heavy atom. The monoisotopic (exact) mass is 163 g/mol. The normalized spacial score (nSPS) is 24.8. The quantitative estimate of drug-likeness (QED) is 0.423. The highest BCUT2D eigenvalue weighted by Gasteiger charge is 2.22. The predicted octanol–water partition coefficient (Wildman–Crippen LogP) is 0.773. The van der Waals surface area contributed by atoms with Crippen molar-refractivity contribution in [2.45, 2.75) is 0 Å². The van der Waals surface area contributed by atoms with E-state index in [0.717, 1.165) is 0 Å². The van der Waals surface area contributed by atoms with E-state index in [9.17, 15) is 10.1 Å². The molecule has 0 saturated heterocycles. The molecule has 0 aromatic carbocycles. The standard InChI is InChI=1S/C7H5N3O2/c11-10(12)6-2-1-5-4-8-9-7(5)3-6/h1-5H. The van der Waals surface area contributed by atoms with Gasteiger partial charge in [0.1, 0.15) is 0 Å². The molecule has 12 heavy (non-hydrogen) atoms. The van der Waals surface area contributed by atoms with E-state index in [1.807, 2.05) is 0 Å². The first-order chi connectivity index (χ1) is 5.77. The molecule has 0 N–H and O–H groups in total. The minimum Gasteiger partial charge on any atom is -0.258 e. The lowest BCUT2D eigenvalue weighted by molar-refractivity contribution is -0.418. The van der Waals surface area contributed by atoms with Crippen LogP contribution in [0.2, 0.25) is 0 Å². The lowest BCUT2D eigenvalue weighted by Gasteiger charge is -2.04. The van der Waals surface area contributed by atoms with Gasteiger partial charge in [0.25, 0.3) is 5.70 Å². The Bertz CT molecular complexity index is 352. The molecular formula is C7H5N3O2. The van der Waals surface area contributed by atoms with Crippen molar-refractivity contribution in [1.82, 2.24) is 0 Å². The van der Waals surface area contributed by atoms with Gasteiger partial charge in [-0.1, -0.05) is 6.08 Å². The van der Waals surface area contributed by atoms with Gasteiger partial charge in [0.15, 0.2) is 0 Å². The van der Waals surface area contributed by atoms with Crippen LogP contribution in [0.15, 0.2) is 34.1 Å². The number of rotatable bonds is 1. The fourth-order valence-electron chi connectivity index (χ4n) is 1.10. The zero-order valence-corrected chi connectivity index (χ0v) is 6.04. The Morgan fingerprint density at radius 2 is 2.42 bits per heavy atom. The van der Waals surface area contributed by atoms with Crippen LogP contribution in [0.5, 0.6) is 0 Å². The van der Waals surface area contributed by atoms with Gasteiger partial charge in [-0.25, -0.2) is 0 Å². The maximum absolute atomic E-state index is 10.3. The molecule has 1 aliphatic carbocycles. The zero-order valence-electron chi connectivity index (χ0n) is 6.04. The molecule has 5 nitrogen and oxygen atoms in total. The van der Waals surface area contributed by atoms with Crippen molar-refractivity contribution in [2.75, 3.05) is 0 Å². The summed E-state index contributed by atoms with van der Waals surface area (Å²) in [7, 11) is 0. The second-order valence-electron chi connectivity index (χ2n) is 2.50. The van der Waals surface area contributed by atoms with Crippen LogP contribution < -0.4 is 0 Å². The van der Waals surface area contributed by atoms with E-state index in [2.05, 4.69) is 10.2 Å². The van der Waals surface area contributed by atoms with Crippen molar-refractivity contribution in [1.29, 1.82) is 0 Å². The molecular weight excluding hydrogens is 158 g/mol. The minimum absolute atomic E-state index is 0.0358. The highest BCUT2D eigenvalue weighted by molar-refractivity contribution is 6.10. The van der Waals surface area contributed by atoms with Gasteiger partial charge in [0.2, 0.25) is 0 Å². The van der Waals surface area contributed by atoms with Crippen LogP contribution in [-0.4, -0.2) is 16.8 Å². The Labute approximate surface area is 68.0 Å². The van der Waals surface area contributed by atoms with Crippen molar-refractivity contribution in [3.05, 3.63) is 34.0 Å². The van der Waals surface area contributed by atoms with E-state index in [4.69, 9.17) is 0 Å². The Kier molecular flexibility index (Phi) is 1.36. The van der Waals surface area contributed by atoms with Crippen molar-refractivity contribution in [3.63, 3.8) is 0 Å². The second-order valence-corrected chi connectivity index (χ2v) is 2.50. The van der Waals surface area contributed by atoms with E-state index < -0.39 is 4.92 Å². The Morgan fingerprint density at radius 1 is 1.58 bits per heavy atom. The first kappa shape index (κ1) is 6.90. The van der Waals surface area contributed by atoms with Crippen LogP contribution in [0.25, 0.3) is 0 Å². The van der Waals surface area contributed by atoms with Crippen molar-refractivity contribution < 1.29 is 4.92 Å². The van der Waals surface area contributed by atoms with Crippen LogP contribution >= 0.6 is 0 Å². The lowest BCUT2D eigenvalue weighted by atomic mass is 9.99. The van der Waals surface area contributed by atoms with Gasteiger partial charge in [-0.2, -0.15) is 10.2 Å². The number of nitrogens with zero attached hydrogens (tertiary/aromatic N) is 3. The summed E-state index contributed by atoms with van der Waals surface area (Å²) < 4.78 is 0. The molecule has 0 aromatic heterocycles. The van der Waals surface area contributed by atoms with Crippen molar-refractivity contribution in [2.24, 2.45) is 16.1 Å². The van der Waals surface area contributed by atoms with E-state index in [-0.39, 0.29) is 11.6 Å². The fraction of sp³-hybridized carbons (Fsp3) is 0.143. The summed E-state index contributed by atoms with van der Waals surface area (Å²) in [5.41, 5.74) is 0.708. The molecule has 1 heterocycles. The molecule has 1 atom stereocenters. The third-order valence-electron chi connectivity index (χ3n) is 1.72. The third-order valence-corrected chi connectivity index (χ3v) is 1.72. The molecule has 0 fully saturated rings. The van der Waals surface area contributed by atoms with Gasteiger partial charge >= 0.3 is 0 Å². The van der Waals surface area contributed by atoms with E-state index >= 15 is 0 Å². The van der Waals surface area contributed by atoms with Gasteiger partial charge in [0, 0.05) is 18.4 Å².